The third-order valence-electron chi connectivity index (χ3n) is 6.28. The SMILES string of the molecule is CCCCCCCCCCCCCCCCCC[N+](C)(C)C(Br)c1ccccc1.[Cl-]. The van der Waals surface area contributed by atoms with Crippen molar-refractivity contribution in [2.75, 3.05) is 20.6 Å². The molecule has 0 bridgehead atoms. The summed E-state index contributed by atoms with van der Waals surface area (Å²) in [7, 11) is 4.69. The molecule has 0 aliphatic carbocycles. The van der Waals surface area contributed by atoms with Crippen molar-refractivity contribution in [3.8, 4) is 0 Å². The molecule has 0 aliphatic heterocycles. The smallest absolute Gasteiger partial charge is 0.169 e. The third-order valence-corrected chi connectivity index (χ3v) is 7.91. The first-order valence-corrected chi connectivity index (χ1v) is 13.5. The lowest BCUT2D eigenvalue weighted by Gasteiger charge is -2.35. The van der Waals surface area contributed by atoms with Crippen LogP contribution in [0.4, 0.5) is 0 Å². The number of unbranched alkanes of at least 4 members (excludes halogenated alkanes) is 15. The molecule has 3 heteroatoms. The van der Waals surface area contributed by atoms with Gasteiger partial charge < -0.3 is 16.9 Å². The predicted molar refractivity (Wildman–Crippen MR) is 135 cm³/mol. The van der Waals surface area contributed by atoms with Crippen molar-refractivity contribution in [2.24, 2.45) is 0 Å². The molecule has 1 unspecified atom stereocenters. The number of quaternary nitrogens is 1. The van der Waals surface area contributed by atoms with Crippen molar-refractivity contribution in [3.63, 3.8) is 0 Å². The van der Waals surface area contributed by atoms with Crippen molar-refractivity contribution in [3.05, 3.63) is 35.9 Å². The van der Waals surface area contributed by atoms with E-state index in [9.17, 15) is 0 Å². The zero-order chi connectivity index (χ0) is 21.2. The lowest BCUT2D eigenvalue weighted by Crippen LogP contribution is -3.00. The Morgan fingerprint density at radius 3 is 1.40 bits per heavy atom. The second-order valence-corrected chi connectivity index (χ2v) is 10.4. The van der Waals surface area contributed by atoms with E-state index >= 15 is 0 Å². The van der Waals surface area contributed by atoms with Crippen LogP contribution in [-0.2, 0) is 0 Å². The van der Waals surface area contributed by atoms with Crippen LogP contribution in [0.5, 0.6) is 0 Å². The highest BCUT2D eigenvalue weighted by molar-refractivity contribution is 9.09. The maximum absolute atomic E-state index is 3.93. The lowest BCUT2D eigenvalue weighted by molar-refractivity contribution is -0.904. The van der Waals surface area contributed by atoms with Crippen molar-refractivity contribution >= 4 is 15.9 Å². The summed E-state index contributed by atoms with van der Waals surface area (Å²) < 4.78 is 1.02. The molecule has 0 saturated heterocycles. The summed E-state index contributed by atoms with van der Waals surface area (Å²) in [6, 6.07) is 10.8. The van der Waals surface area contributed by atoms with Crippen LogP contribution < -0.4 is 12.4 Å². The molecule has 30 heavy (non-hydrogen) atoms. The van der Waals surface area contributed by atoms with Crippen LogP contribution in [0.2, 0.25) is 0 Å². The quantitative estimate of drug-likeness (QED) is 0.0885. The number of rotatable bonds is 19. The molecule has 1 atom stereocenters. The topological polar surface area (TPSA) is 0 Å². The Labute approximate surface area is 203 Å². The van der Waals surface area contributed by atoms with E-state index in [4.69, 9.17) is 0 Å². The van der Waals surface area contributed by atoms with E-state index in [-0.39, 0.29) is 12.4 Å². The van der Waals surface area contributed by atoms with Crippen LogP contribution in [0.25, 0.3) is 0 Å². The minimum Gasteiger partial charge on any atom is -1.00 e. The van der Waals surface area contributed by atoms with Gasteiger partial charge in [0, 0.05) is 5.56 Å². The van der Waals surface area contributed by atoms with Crippen LogP contribution >= 0.6 is 15.9 Å². The van der Waals surface area contributed by atoms with E-state index in [1.54, 1.807) is 0 Å². The fourth-order valence-electron chi connectivity index (χ4n) is 4.20. The zero-order valence-electron chi connectivity index (χ0n) is 20.2. The molecule has 0 amide bonds. The molecule has 0 aromatic heterocycles. The molecule has 0 spiro atoms. The third kappa shape index (κ3) is 14.9. The second kappa shape index (κ2) is 19.6. The van der Waals surface area contributed by atoms with Gasteiger partial charge in [-0.05, 0) is 28.8 Å². The summed E-state index contributed by atoms with van der Waals surface area (Å²) in [4.78, 5) is 0.389. The molecule has 0 aliphatic rings. The van der Waals surface area contributed by atoms with Gasteiger partial charge in [-0.1, -0.05) is 127 Å². The molecule has 0 fully saturated rings. The summed E-state index contributed by atoms with van der Waals surface area (Å²) >= 11 is 3.93. The van der Waals surface area contributed by atoms with E-state index in [1.165, 1.54) is 115 Å². The van der Waals surface area contributed by atoms with Crippen molar-refractivity contribution in [1.82, 2.24) is 0 Å². The molecule has 0 radical (unpaired) electrons. The highest BCUT2D eigenvalue weighted by Crippen LogP contribution is 2.31. The highest BCUT2D eigenvalue weighted by Gasteiger charge is 2.26. The van der Waals surface area contributed by atoms with Gasteiger partial charge in [-0.25, -0.2) is 0 Å². The number of hydrogen-bond acceptors (Lipinski definition) is 0. The molecule has 1 rings (SSSR count). The first-order chi connectivity index (χ1) is 14.1. The summed E-state index contributed by atoms with van der Waals surface area (Å²) in [6.45, 7) is 3.54. The number of alkyl halides is 1. The highest BCUT2D eigenvalue weighted by atomic mass is 79.9. The Kier molecular flexibility index (Phi) is 19.6. The Hall–Kier alpha value is -0.0500. The summed E-state index contributed by atoms with van der Waals surface area (Å²) in [5.74, 6) is 0. The fourth-order valence-corrected chi connectivity index (χ4v) is 4.71. The van der Waals surface area contributed by atoms with Crippen LogP contribution in [0.1, 0.15) is 120 Å². The molecule has 1 aromatic rings. The van der Waals surface area contributed by atoms with Gasteiger partial charge in [0.15, 0.2) is 4.95 Å². The lowest BCUT2D eigenvalue weighted by atomic mass is 10.0. The Morgan fingerprint density at radius 2 is 1.00 bits per heavy atom. The standard InChI is InChI=1S/C27H49BrN.ClH/c1-4-5-6-7-8-9-10-11-12-13-14-15-16-17-18-22-25-29(2,3)27(28)26-23-20-19-21-24-26;/h19-21,23-24,27H,4-18,22,25H2,1-3H3;1H/q+1;/p-1. The molecular formula is C27H49BrClN. The molecular weight excluding hydrogens is 454 g/mol. The largest absolute Gasteiger partial charge is 1.00 e. The van der Waals surface area contributed by atoms with Gasteiger partial charge in [-0.15, -0.1) is 0 Å². The maximum Gasteiger partial charge on any atom is 0.169 e. The van der Waals surface area contributed by atoms with E-state index in [0.717, 1.165) is 4.48 Å². The monoisotopic (exact) mass is 501 g/mol. The minimum absolute atomic E-state index is 0. The Balaban J connectivity index is 0.00000841. The van der Waals surface area contributed by atoms with E-state index in [1.807, 2.05) is 0 Å². The van der Waals surface area contributed by atoms with Gasteiger partial charge in [0.2, 0.25) is 0 Å². The number of hydrogen-bond donors (Lipinski definition) is 0. The average Bonchev–Trinajstić information content (AvgIpc) is 2.73. The van der Waals surface area contributed by atoms with Gasteiger partial charge in [-0.2, -0.15) is 0 Å². The molecule has 0 N–H and O–H groups in total. The van der Waals surface area contributed by atoms with Crippen molar-refractivity contribution in [1.29, 1.82) is 0 Å². The van der Waals surface area contributed by atoms with Crippen LogP contribution in [0.15, 0.2) is 30.3 Å². The molecule has 176 valence electrons. The maximum atomic E-state index is 3.93. The van der Waals surface area contributed by atoms with E-state index < -0.39 is 0 Å². The predicted octanol–water partition coefficient (Wildman–Crippen LogP) is 6.42. The summed E-state index contributed by atoms with van der Waals surface area (Å²) in [6.07, 6.45) is 23.0. The van der Waals surface area contributed by atoms with Gasteiger partial charge >= 0.3 is 0 Å². The normalized spacial score (nSPS) is 12.5. The Bertz CT molecular complexity index is 477. The minimum atomic E-state index is 0. The van der Waals surface area contributed by atoms with Crippen LogP contribution in [0, 0.1) is 0 Å². The molecule has 1 nitrogen and oxygen atoms in total. The van der Waals surface area contributed by atoms with Crippen molar-refractivity contribution in [2.45, 2.75) is 115 Å². The number of halogens is 2. The van der Waals surface area contributed by atoms with Crippen molar-refractivity contribution < 1.29 is 16.9 Å². The van der Waals surface area contributed by atoms with Gasteiger partial charge in [0.1, 0.15) is 0 Å². The van der Waals surface area contributed by atoms with E-state index in [0.29, 0.717) is 4.95 Å². The van der Waals surface area contributed by atoms with Gasteiger partial charge in [0.05, 0.1) is 20.6 Å². The van der Waals surface area contributed by atoms with Gasteiger partial charge in [-0.3, -0.25) is 0 Å². The first kappa shape index (κ1) is 29.9. The number of nitrogens with zero attached hydrogens (tertiary/aromatic N) is 1. The fraction of sp³-hybridized carbons (Fsp3) is 0.778. The summed E-state index contributed by atoms with van der Waals surface area (Å²) in [5.41, 5.74) is 1.38. The molecule has 0 saturated carbocycles. The summed E-state index contributed by atoms with van der Waals surface area (Å²) in [5, 5.41) is 0. The molecule has 0 heterocycles. The first-order valence-electron chi connectivity index (χ1n) is 12.6. The zero-order valence-corrected chi connectivity index (χ0v) is 22.5. The van der Waals surface area contributed by atoms with E-state index in [2.05, 4.69) is 67.3 Å². The van der Waals surface area contributed by atoms with Gasteiger partial charge in [0.25, 0.3) is 0 Å². The van der Waals surface area contributed by atoms with Crippen LogP contribution in [0.3, 0.4) is 0 Å². The second-order valence-electron chi connectivity index (χ2n) is 9.55. The van der Waals surface area contributed by atoms with Crippen LogP contribution in [-0.4, -0.2) is 25.1 Å². The molecule has 1 aromatic carbocycles. The Morgan fingerprint density at radius 1 is 0.633 bits per heavy atom. The number of benzene rings is 1. The average molecular weight is 503 g/mol.